The summed E-state index contributed by atoms with van der Waals surface area (Å²) in [7, 11) is 1.17. The van der Waals surface area contributed by atoms with Gasteiger partial charge in [-0.25, -0.2) is 0 Å². The maximum atomic E-state index is 8.32. The molecule has 0 atom stereocenters. The van der Waals surface area contributed by atoms with Crippen molar-refractivity contribution >= 4 is 18.8 Å². The minimum Gasteiger partial charge on any atom is -0.454 e. The Morgan fingerprint density at radius 2 is 2.62 bits per heavy atom. The van der Waals surface area contributed by atoms with Crippen LogP contribution < -0.4 is 0 Å². The zero-order valence-electron chi connectivity index (χ0n) is 4.37. The van der Waals surface area contributed by atoms with Crippen molar-refractivity contribution < 1.29 is 5.02 Å². The normalized spacial score (nSPS) is 9.12. The maximum absolute atomic E-state index is 8.32. The van der Waals surface area contributed by atoms with Crippen LogP contribution in [0.3, 0.4) is 0 Å². The second kappa shape index (κ2) is 2.90. The van der Waals surface area contributed by atoms with Crippen molar-refractivity contribution in [3.8, 4) is 0 Å². The molecule has 1 heterocycles. The molecule has 1 rings (SSSR count). The van der Waals surface area contributed by atoms with Crippen LogP contribution in [0.2, 0.25) is 0 Å². The Morgan fingerprint density at radius 1 is 1.75 bits per heavy atom. The summed E-state index contributed by atoms with van der Waals surface area (Å²) in [5.41, 5.74) is 1.18. The lowest BCUT2D eigenvalue weighted by atomic mass is 9.92. The van der Waals surface area contributed by atoms with E-state index in [-0.39, 0.29) is 0 Å². The molecule has 0 aliphatic rings. The van der Waals surface area contributed by atoms with Crippen LogP contribution in [0.15, 0.2) is 16.8 Å². The predicted octanol–water partition coefficient (Wildman–Crippen LogP) is 0.860. The van der Waals surface area contributed by atoms with Crippen molar-refractivity contribution in [1.82, 2.24) is 0 Å². The lowest BCUT2D eigenvalue weighted by molar-refractivity contribution is 0.601. The number of thiophene rings is 1. The van der Waals surface area contributed by atoms with Gasteiger partial charge in [-0.05, 0) is 28.7 Å². The monoisotopic (exact) mass is 125 g/mol. The van der Waals surface area contributed by atoms with Gasteiger partial charge in [-0.3, -0.25) is 0 Å². The van der Waals surface area contributed by atoms with Crippen molar-refractivity contribution in [3.05, 3.63) is 22.4 Å². The van der Waals surface area contributed by atoms with Crippen LogP contribution in [0.4, 0.5) is 0 Å². The van der Waals surface area contributed by atoms with Crippen LogP contribution in [0.1, 0.15) is 5.56 Å². The van der Waals surface area contributed by atoms with Gasteiger partial charge in [0.05, 0.1) is 0 Å². The third kappa shape index (κ3) is 1.35. The lowest BCUT2D eigenvalue weighted by Gasteiger charge is -1.83. The SMILES string of the molecule is O[B]Cc1ccsc1. The van der Waals surface area contributed by atoms with E-state index in [1.165, 1.54) is 13.0 Å². The molecule has 1 radical (unpaired) electrons. The van der Waals surface area contributed by atoms with Gasteiger partial charge >= 0.3 is 0 Å². The fraction of sp³-hybridized carbons (Fsp3) is 0.200. The van der Waals surface area contributed by atoms with E-state index in [4.69, 9.17) is 5.02 Å². The van der Waals surface area contributed by atoms with E-state index < -0.39 is 0 Å². The molecule has 0 saturated heterocycles. The molecule has 1 N–H and O–H groups in total. The van der Waals surface area contributed by atoms with E-state index in [1.54, 1.807) is 11.3 Å². The fourth-order valence-corrected chi connectivity index (χ4v) is 1.20. The molecule has 41 valence electrons. The molecule has 0 bridgehead atoms. The van der Waals surface area contributed by atoms with Gasteiger partial charge in [-0.15, -0.1) is 0 Å². The first-order chi connectivity index (χ1) is 3.93. The Balaban J connectivity index is 2.50. The Labute approximate surface area is 53.3 Å². The predicted molar refractivity (Wildman–Crippen MR) is 36.0 cm³/mol. The Kier molecular flexibility index (Phi) is 2.12. The minimum atomic E-state index is 0.670. The first-order valence-electron chi connectivity index (χ1n) is 2.40. The van der Waals surface area contributed by atoms with Crippen LogP contribution in [-0.4, -0.2) is 12.5 Å². The second-order valence-corrected chi connectivity index (χ2v) is 2.30. The van der Waals surface area contributed by atoms with E-state index in [2.05, 4.69) is 0 Å². The van der Waals surface area contributed by atoms with E-state index in [9.17, 15) is 0 Å². The van der Waals surface area contributed by atoms with Gasteiger partial charge in [0.2, 0.25) is 0 Å². The van der Waals surface area contributed by atoms with Crippen LogP contribution >= 0.6 is 11.3 Å². The Morgan fingerprint density at radius 3 is 3.12 bits per heavy atom. The fourth-order valence-electron chi connectivity index (χ4n) is 0.514. The average molecular weight is 125 g/mol. The number of hydrogen-bond acceptors (Lipinski definition) is 2. The summed E-state index contributed by atoms with van der Waals surface area (Å²) >= 11 is 1.65. The van der Waals surface area contributed by atoms with Crippen molar-refractivity contribution in [2.45, 2.75) is 6.32 Å². The van der Waals surface area contributed by atoms with Gasteiger partial charge in [0.1, 0.15) is 0 Å². The summed E-state index contributed by atoms with van der Waals surface area (Å²) in [6.07, 6.45) is 0.670. The number of hydrogen-bond donors (Lipinski definition) is 1. The number of rotatable bonds is 2. The lowest BCUT2D eigenvalue weighted by Crippen LogP contribution is -1.91. The zero-order valence-corrected chi connectivity index (χ0v) is 5.19. The maximum Gasteiger partial charge on any atom is 0.291 e. The Bertz CT molecular complexity index is 138. The molecule has 3 heteroatoms. The Hall–Kier alpha value is -0.275. The van der Waals surface area contributed by atoms with Gasteiger partial charge in [-0.1, -0.05) is 0 Å². The summed E-state index contributed by atoms with van der Waals surface area (Å²) in [5, 5.41) is 12.3. The molecule has 8 heavy (non-hydrogen) atoms. The highest BCUT2D eigenvalue weighted by Gasteiger charge is 1.90. The van der Waals surface area contributed by atoms with Crippen molar-refractivity contribution in [2.75, 3.05) is 0 Å². The van der Waals surface area contributed by atoms with Gasteiger partial charge in [0.15, 0.2) is 0 Å². The highest BCUT2D eigenvalue weighted by molar-refractivity contribution is 7.08. The average Bonchev–Trinajstić information content (AvgIpc) is 2.19. The summed E-state index contributed by atoms with van der Waals surface area (Å²) in [4.78, 5) is 0. The smallest absolute Gasteiger partial charge is 0.291 e. The van der Waals surface area contributed by atoms with Crippen molar-refractivity contribution in [2.24, 2.45) is 0 Å². The second-order valence-electron chi connectivity index (χ2n) is 1.52. The molecule has 0 aliphatic heterocycles. The molecule has 0 saturated carbocycles. The van der Waals surface area contributed by atoms with Gasteiger partial charge < -0.3 is 5.02 Å². The van der Waals surface area contributed by atoms with E-state index >= 15 is 0 Å². The molecule has 0 amide bonds. The van der Waals surface area contributed by atoms with Crippen LogP contribution in [0.25, 0.3) is 0 Å². The molecular formula is C5H6BOS. The first-order valence-corrected chi connectivity index (χ1v) is 3.34. The quantitative estimate of drug-likeness (QED) is 0.581. The molecular weight excluding hydrogens is 119 g/mol. The summed E-state index contributed by atoms with van der Waals surface area (Å²) < 4.78 is 0. The van der Waals surface area contributed by atoms with Crippen molar-refractivity contribution in [1.29, 1.82) is 0 Å². The largest absolute Gasteiger partial charge is 0.454 e. The molecule has 1 aromatic rings. The minimum absolute atomic E-state index is 0.670. The molecule has 0 fully saturated rings. The van der Waals surface area contributed by atoms with E-state index in [1.807, 2.05) is 16.8 Å². The summed E-state index contributed by atoms with van der Waals surface area (Å²) in [5.74, 6) is 0. The van der Waals surface area contributed by atoms with Crippen molar-refractivity contribution in [3.63, 3.8) is 0 Å². The molecule has 0 spiro atoms. The molecule has 0 unspecified atom stereocenters. The molecule has 1 nitrogen and oxygen atoms in total. The molecule has 0 aromatic carbocycles. The van der Waals surface area contributed by atoms with Crippen LogP contribution in [0.5, 0.6) is 0 Å². The van der Waals surface area contributed by atoms with Crippen LogP contribution in [-0.2, 0) is 6.32 Å². The highest BCUT2D eigenvalue weighted by atomic mass is 32.1. The first kappa shape index (κ1) is 5.85. The van der Waals surface area contributed by atoms with E-state index in [0.717, 1.165) is 0 Å². The topological polar surface area (TPSA) is 20.2 Å². The molecule has 1 aromatic heterocycles. The zero-order chi connectivity index (χ0) is 5.82. The van der Waals surface area contributed by atoms with Gasteiger partial charge in [-0.2, -0.15) is 11.3 Å². The third-order valence-electron chi connectivity index (χ3n) is 0.907. The van der Waals surface area contributed by atoms with Crippen LogP contribution in [0, 0.1) is 0 Å². The standard InChI is InChI=1S/C5H6BOS/c7-6-3-5-1-2-8-4-5/h1-2,4,7H,3H2. The third-order valence-corrected chi connectivity index (χ3v) is 1.64. The van der Waals surface area contributed by atoms with E-state index in [0.29, 0.717) is 6.32 Å². The molecule has 0 aliphatic carbocycles. The highest BCUT2D eigenvalue weighted by Crippen LogP contribution is 2.04. The van der Waals surface area contributed by atoms with Gasteiger partial charge in [0.25, 0.3) is 7.48 Å². The summed E-state index contributed by atoms with van der Waals surface area (Å²) in [6, 6.07) is 2.00. The summed E-state index contributed by atoms with van der Waals surface area (Å²) in [6.45, 7) is 0. The van der Waals surface area contributed by atoms with Gasteiger partial charge in [0, 0.05) is 0 Å².